The number of hydrogen-bond donors (Lipinski definition) is 3. The standard InChI is InChI=1S/C21H35N5O.HI/c1-5-6-20(27)24-18-9-7-17(8-10-18)15-23-21(22-4)25-19-11-13-26(14-12-19)16(2)3;/h7-10,16,19H,5-6,11-15H2,1-4H3,(H,24,27)(H2,22,23,25);1H. The fraction of sp³-hybridized carbons (Fsp3) is 0.619. The van der Waals surface area contributed by atoms with Crippen molar-refractivity contribution in [3.05, 3.63) is 29.8 Å². The van der Waals surface area contributed by atoms with Crippen LogP contribution >= 0.6 is 24.0 Å². The molecule has 1 aliphatic rings. The molecule has 158 valence electrons. The van der Waals surface area contributed by atoms with Crippen molar-refractivity contribution < 1.29 is 4.79 Å². The average molecular weight is 501 g/mol. The molecule has 0 bridgehead atoms. The lowest BCUT2D eigenvalue weighted by atomic mass is 10.0. The molecular formula is C21H36IN5O. The third-order valence-electron chi connectivity index (χ3n) is 5.00. The van der Waals surface area contributed by atoms with E-state index >= 15 is 0 Å². The molecule has 1 amide bonds. The van der Waals surface area contributed by atoms with E-state index in [2.05, 4.69) is 39.7 Å². The number of piperidine rings is 1. The second kappa shape index (κ2) is 13.0. The van der Waals surface area contributed by atoms with Crippen LogP contribution in [0.5, 0.6) is 0 Å². The molecule has 0 radical (unpaired) electrons. The van der Waals surface area contributed by atoms with Crippen molar-refractivity contribution in [2.45, 2.75) is 65.1 Å². The zero-order valence-electron chi connectivity index (χ0n) is 17.6. The molecule has 1 aliphatic heterocycles. The number of amides is 1. The Kier molecular flexibility index (Phi) is 11.4. The predicted molar refractivity (Wildman–Crippen MR) is 128 cm³/mol. The molecule has 0 spiro atoms. The molecule has 1 aromatic carbocycles. The monoisotopic (exact) mass is 501 g/mol. The molecule has 0 saturated carbocycles. The smallest absolute Gasteiger partial charge is 0.224 e. The Labute approximate surface area is 187 Å². The quantitative estimate of drug-likeness (QED) is 0.304. The van der Waals surface area contributed by atoms with E-state index in [0.717, 1.165) is 49.6 Å². The maximum absolute atomic E-state index is 11.6. The van der Waals surface area contributed by atoms with Crippen molar-refractivity contribution >= 4 is 41.5 Å². The fourth-order valence-corrected chi connectivity index (χ4v) is 3.29. The summed E-state index contributed by atoms with van der Waals surface area (Å²) in [5.74, 6) is 0.912. The summed E-state index contributed by atoms with van der Waals surface area (Å²) in [4.78, 5) is 18.5. The number of halogens is 1. The van der Waals surface area contributed by atoms with E-state index in [-0.39, 0.29) is 29.9 Å². The number of carbonyl (C=O) groups is 1. The number of nitrogens with one attached hydrogen (secondary N) is 3. The zero-order valence-corrected chi connectivity index (χ0v) is 20.0. The first-order valence-corrected chi connectivity index (χ1v) is 10.1. The van der Waals surface area contributed by atoms with Crippen LogP contribution in [0.4, 0.5) is 5.69 Å². The SMILES string of the molecule is CCCC(=O)Nc1ccc(CNC(=NC)NC2CCN(C(C)C)CC2)cc1.I. The molecule has 3 N–H and O–H groups in total. The van der Waals surface area contributed by atoms with Crippen LogP contribution in [-0.4, -0.2) is 49.0 Å². The third-order valence-corrected chi connectivity index (χ3v) is 5.00. The Morgan fingerprint density at radius 2 is 1.86 bits per heavy atom. The van der Waals surface area contributed by atoms with E-state index in [4.69, 9.17) is 0 Å². The van der Waals surface area contributed by atoms with Gasteiger partial charge in [-0.05, 0) is 50.8 Å². The van der Waals surface area contributed by atoms with Crippen LogP contribution in [0.25, 0.3) is 0 Å². The predicted octanol–water partition coefficient (Wildman–Crippen LogP) is 3.58. The van der Waals surface area contributed by atoms with Crippen LogP contribution in [0.2, 0.25) is 0 Å². The van der Waals surface area contributed by atoms with Crippen molar-refractivity contribution in [1.29, 1.82) is 0 Å². The molecule has 0 unspecified atom stereocenters. The molecule has 2 rings (SSSR count). The highest BCUT2D eigenvalue weighted by atomic mass is 127. The Balaban J connectivity index is 0.00000392. The van der Waals surface area contributed by atoms with Crippen LogP contribution in [0, 0.1) is 0 Å². The van der Waals surface area contributed by atoms with E-state index in [1.807, 2.05) is 38.2 Å². The summed E-state index contributed by atoms with van der Waals surface area (Å²) in [6, 6.07) is 9.05. The second-order valence-corrected chi connectivity index (χ2v) is 7.47. The first kappa shape index (κ1) is 24.7. The third kappa shape index (κ3) is 8.34. The van der Waals surface area contributed by atoms with Crippen LogP contribution in [0.3, 0.4) is 0 Å². The van der Waals surface area contributed by atoms with Gasteiger partial charge in [0.15, 0.2) is 5.96 Å². The molecule has 1 fully saturated rings. The van der Waals surface area contributed by atoms with Crippen molar-refractivity contribution in [2.24, 2.45) is 4.99 Å². The molecular weight excluding hydrogens is 465 g/mol. The molecule has 7 heteroatoms. The van der Waals surface area contributed by atoms with Gasteiger partial charge in [0.05, 0.1) is 0 Å². The van der Waals surface area contributed by atoms with E-state index in [0.29, 0.717) is 25.0 Å². The van der Waals surface area contributed by atoms with E-state index in [9.17, 15) is 4.79 Å². The largest absolute Gasteiger partial charge is 0.354 e. The molecule has 1 saturated heterocycles. The summed E-state index contributed by atoms with van der Waals surface area (Å²) in [5.41, 5.74) is 2.00. The van der Waals surface area contributed by atoms with Crippen LogP contribution in [-0.2, 0) is 11.3 Å². The highest BCUT2D eigenvalue weighted by Gasteiger charge is 2.21. The number of carbonyl (C=O) groups excluding carboxylic acids is 1. The molecule has 0 aliphatic carbocycles. The van der Waals surface area contributed by atoms with Gasteiger partial charge in [-0.25, -0.2) is 0 Å². The lowest BCUT2D eigenvalue weighted by molar-refractivity contribution is -0.116. The van der Waals surface area contributed by atoms with Crippen LogP contribution < -0.4 is 16.0 Å². The van der Waals surface area contributed by atoms with E-state index < -0.39 is 0 Å². The molecule has 0 atom stereocenters. The maximum atomic E-state index is 11.6. The van der Waals surface area contributed by atoms with Gasteiger partial charge in [0.25, 0.3) is 0 Å². The van der Waals surface area contributed by atoms with Gasteiger partial charge in [-0.1, -0.05) is 19.1 Å². The van der Waals surface area contributed by atoms with Gasteiger partial charge in [-0.2, -0.15) is 0 Å². The van der Waals surface area contributed by atoms with Crippen molar-refractivity contribution in [3.8, 4) is 0 Å². The maximum Gasteiger partial charge on any atom is 0.224 e. The van der Waals surface area contributed by atoms with Gasteiger partial charge in [0.1, 0.15) is 0 Å². The minimum Gasteiger partial charge on any atom is -0.354 e. The molecule has 6 nitrogen and oxygen atoms in total. The summed E-state index contributed by atoms with van der Waals surface area (Å²) in [6.45, 7) is 9.50. The summed E-state index contributed by atoms with van der Waals surface area (Å²) >= 11 is 0. The van der Waals surface area contributed by atoms with E-state index in [1.54, 1.807) is 0 Å². The minimum absolute atomic E-state index is 0. The number of hydrogen-bond acceptors (Lipinski definition) is 3. The van der Waals surface area contributed by atoms with E-state index in [1.165, 1.54) is 0 Å². The Bertz CT molecular complexity index is 610. The van der Waals surface area contributed by atoms with Crippen molar-refractivity contribution in [2.75, 3.05) is 25.5 Å². The number of anilines is 1. The number of likely N-dealkylation sites (tertiary alicyclic amines) is 1. The van der Waals surface area contributed by atoms with Crippen molar-refractivity contribution in [1.82, 2.24) is 15.5 Å². The normalized spacial score (nSPS) is 15.8. The highest BCUT2D eigenvalue weighted by Crippen LogP contribution is 2.13. The lowest BCUT2D eigenvalue weighted by Crippen LogP contribution is -2.49. The second-order valence-electron chi connectivity index (χ2n) is 7.47. The average Bonchev–Trinajstić information content (AvgIpc) is 2.66. The summed E-state index contributed by atoms with van der Waals surface area (Å²) < 4.78 is 0. The summed E-state index contributed by atoms with van der Waals surface area (Å²) in [6.07, 6.45) is 3.70. The Hall–Kier alpha value is -1.35. The number of nitrogens with zero attached hydrogens (tertiary/aromatic N) is 2. The zero-order chi connectivity index (χ0) is 19.6. The number of aliphatic imine (C=N–C) groups is 1. The number of guanidine groups is 1. The van der Waals surface area contributed by atoms with Crippen molar-refractivity contribution in [3.63, 3.8) is 0 Å². The summed E-state index contributed by atoms with van der Waals surface area (Å²) in [7, 11) is 1.81. The van der Waals surface area contributed by atoms with Gasteiger partial charge in [0.2, 0.25) is 5.91 Å². The first-order valence-electron chi connectivity index (χ1n) is 10.1. The number of benzene rings is 1. The molecule has 28 heavy (non-hydrogen) atoms. The molecule has 0 aromatic heterocycles. The van der Waals surface area contributed by atoms with Gasteiger partial charge in [-0.15, -0.1) is 24.0 Å². The number of rotatable bonds is 7. The Morgan fingerprint density at radius 1 is 1.21 bits per heavy atom. The van der Waals surface area contributed by atoms with Crippen LogP contribution in [0.15, 0.2) is 29.3 Å². The fourth-order valence-electron chi connectivity index (χ4n) is 3.29. The Morgan fingerprint density at radius 3 is 2.39 bits per heavy atom. The van der Waals surface area contributed by atoms with Gasteiger partial charge >= 0.3 is 0 Å². The van der Waals surface area contributed by atoms with Gasteiger partial charge in [-0.3, -0.25) is 9.79 Å². The topological polar surface area (TPSA) is 68.8 Å². The first-order chi connectivity index (χ1) is 13.0. The lowest BCUT2D eigenvalue weighted by Gasteiger charge is -2.35. The highest BCUT2D eigenvalue weighted by molar-refractivity contribution is 14.0. The van der Waals surface area contributed by atoms with Gasteiger partial charge in [0, 0.05) is 50.9 Å². The molecule has 1 aromatic rings. The minimum atomic E-state index is 0. The van der Waals surface area contributed by atoms with Gasteiger partial charge < -0.3 is 20.9 Å². The molecule has 1 heterocycles. The summed E-state index contributed by atoms with van der Waals surface area (Å²) in [5, 5.41) is 9.84. The van der Waals surface area contributed by atoms with Crippen LogP contribution in [0.1, 0.15) is 52.0 Å².